The smallest absolute Gasteiger partial charge is 0.240 e. The molecule has 1 aliphatic heterocycles. The Morgan fingerprint density at radius 3 is 2.95 bits per heavy atom. The molecule has 2 fully saturated rings. The molecule has 1 unspecified atom stereocenters. The highest BCUT2D eigenvalue weighted by molar-refractivity contribution is 7.13. The lowest BCUT2D eigenvalue weighted by Gasteiger charge is -2.22. The molecular formula is C13H18N4O2S. The number of nitrogens with one attached hydrogen (secondary N) is 2. The average Bonchev–Trinajstić information content (AvgIpc) is 2.91. The van der Waals surface area contributed by atoms with E-state index in [1.54, 1.807) is 6.20 Å². The molecule has 1 aromatic rings. The Bertz CT molecular complexity index is 487. The molecule has 1 saturated heterocycles. The van der Waals surface area contributed by atoms with Crippen LogP contribution in [0.25, 0.3) is 0 Å². The lowest BCUT2D eigenvalue weighted by Crippen LogP contribution is -2.46. The molecule has 6 nitrogen and oxygen atoms in total. The predicted molar refractivity (Wildman–Crippen MR) is 76.5 cm³/mol. The minimum Gasteiger partial charge on any atom is -0.352 e. The van der Waals surface area contributed by atoms with Gasteiger partial charge in [0.2, 0.25) is 11.8 Å². The van der Waals surface area contributed by atoms with Crippen LogP contribution < -0.4 is 10.6 Å². The second kappa shape index (κ2) is 5.88. The number of aromatic nitrogens is 1. The molecular weight excluding hydrogens is 276 g/mol. The van der Waals surface area contributed by atoms with Gasteiger partial charge in [0.15, 0.2) is 5.13 Å². The Balaban J connectivity index is 1.52. The first kappa shape index (κ1) is 13.5. The van der Waals surface area contributed by atoms with Gasteiger partial charge >= 0.3 is 0 Å². The Morgan fingerprint density at radius 2 is 2.25 bits per heavy atom. The van der Waals surface area contributed by atoms with Gasteiger partial charge in [-0.3, -0.25) is 14.5 Å². The molecule has 2 N–H and O–H groups in total. The van der Waals surface area contributed by atoms with Gasteiger partial charge in [-0.1, -0.05) is 0 Å². The van der Waals surface area contributed by atoms with Crippen molar-refractivity contribution in [3.8, 4) is 0 Å². The molecule has 2 aliphatic rings. The maximum Gasteiger partial charge on any atom is 0.240 e. The fourth-order valence-electron chi connectivity index (χ4n) is 2.47. The van der Waals surface area contributed by atoms with Crippen molar-refractivity contribution >= 4 is 28.3 Å². The van der Waals surface area contributed by atoms with Crippen LogP contribution in [-0.2, 0) is 9.59 Å². The van der Waals surface area contributed by atoms with E-state index in [0.717, 1.165) is 32.2 Å². The Labute approximate surface area is 121 Å². The van der Waals surface area contributed by atoms with Gasteiger partial charge in [-0.15, -0.1) is 11.3 Å². The van der Waals surface area contributed by atoms with Crippen molar-refractivity contribution in [2.75, 3.05) is 18.4 Å². The Morgan fingerprint density at radius 1 is 1.40 bits per heavy atom. The normalized spacial score (nSPS) is 22.7. The number of amides is 2. The van der Waals surface area contributed by atoms with Gasteiger partial charge in [0, 0.05) is 17.6 Å². The number of hydrogen-bond donors (Lipinski definition) is 2. The van der Waals surface area contributed by atoms with E-state index in [4.69, 9.17) is 0 Å². The highest BCUT2D eigenvalue weighted by Gasteiger charge is 2.34. The number of carbonyl (C=O) groups excluding carboxylic acids is 2. The molecule has 7 heteroatoms. The first-order chi connectivity index (χ1) is 9.72. The van der Waals surface area contributed by atoms with E-state index in [-0.39, 0.29) is 24.4 Å². The van der Waals surface area contributed by atoms with Gasteiger partial charge in [-0.2, -0.15) is 0 Å². The van der Waals surface area contributed by atoms with Gasteiger partial charge in [0.05, 0.1) is 12.6 Å². The number of rotatable bonds is 5. The lowest BCUT2D eigenvalue weighted by atomic mass is 10.2. The SMILES string of the molecule is O=C(CN1CCCC1C(=O)NC1CC1)Nc1nccs1. The Hall–Kier alpha value is -1.47. The van der Waals surface area contributed by atoms with Crippen molar-refractivity contribution in [1.82, 2.24) is 15.2 Å². The molecule has 1 saturated carbocycles. The summed E-state index contributed by atoms with van der Waals surface area (Å²) in [6.07, 6.45) is 5.63. The molecule has 3 rings (SSSR count). The first-order valence-corrected chi connectivity index (χ1v) is 7.84. The summed E-state index contributed by atoms with van der Waals surface area (Å²) in [5.41, 5.74) is 0. The third-order valence-corrected chi connectivity index (χ3v) is 4.30. The summed E-state index contributed by atoms with van der Waals surface area (Å²) in [4.78, 5) is 30.0. The first-order valence-electron chi connectivity index (χ1n) is 6.96. The molecule has 0 spiro atoms. The van der Waals surface area contributed by atoms with Crippen LogP contribution in [0, 0.1) is 0 Å². The summed E-state index contributed by atoms with van der Waals surface area (Å²) >= 11 is 1.39. The van der Waals surface area contributed by atoms with Crippen LogP contribution in [0.15, 0.2) is 11.6 Å². The van der Waals surface area contributed by atoms with Crippen molar-refractivity contribution in [3.05, 3.63) is 11.6 Å². The molecule has 2 amide bonds. The minimum atomic E-state index is -0.155. The number of anilines is 1. The van der Waals surface area contributed by atoms with E-state index in [0.29, 0.717) is 11.2 Å². The van der Waals surface area contributed by atoms with Gasteiger partial charge in [0.25, 0.3) is 0 Å². The number of hydrogen-bond acceptors (Lipinski definition) is 5. The highest BCUT2D eigenvalue weighted by atomic mass is 32.1. The van der Waals surface area contributed by atoms with Crippen molar-refractivity contribution in [2.24, 2.45) is 0 Å². The second-order valence-electron chi connectivity index (χ2n) is 5.30. The summed E-state index contributed by atoms with van der Waals surface area (Å²) in [6, 6.07) is 0.215. The van der Waals surface area contributed by atoms with Gasteiger partial charge in [0.1, 0.15) is 0 Å². The van der Waals surface area contributed by atoms with E-state index in [2.05, 4.69) is 15.6 Å². The van der Waals surface area contributed by atoms with Crippen LogP contribution in [0.3, 0.4) is 0 Å². The third kappa shape index (κ3) is 3.34. The Kier molecular flexibility index (Phi) is 3.98. The van der Waals surface area contributed by atoms with E-state index in [9.17, 15) is 9.59 Å². The average molecular weight is 294 g/mol. The van der Waals surface area contributed by atoms with Crippen LogP contribution in [-0.4, -0.2) is 46.9 Å². The van der Waals surface area contributed by atoms with Gasteiger partial charge in [-0.25, -0.2) is 4.98 Å². The fraction of sp³-hybridized carbons (Fsp3) is 0.615. The van der Waals surface area contributed by atoms with Crippen LogP contribution >= 0.6 is 11.3 Å². The zero-order chi connectivity index (χ0) is 13.9. The summed E-state index contributed by atoms with van der Waals surface area (Å²) in [7, 11) is 0. The third-order valence-electron chi connectivity index (χ3n) is 3.62. The zero-order valence-electron chi connectivity index (χ0n) is 11.2. The summed E-state index contributed by atoms with van der Waals surface area (Å²) in [5, 5.41) is 8.20. The molecule has 2 heterocycles. The lowest BCUT2D eigenvalue weighted by molar-refractivity contribution is -0.126. The van der Waals surface area contributed by atoms with Crippen LogP contribution in [0.5, 0.6) is 0 Å². The van der Waals surface area contributed by atoms with Gasteiger partial charge < -0.3 is 10.6 Å². The monoisotopic (exact) mass is 294 g/mol. The standard InChI is InChI=1S/C13H18N4O2S/c18-11(16-13-14-5-7-20-13)8-17-6-1-2-10(17)12(19)15-9-3-4-9/h5,7,9-10H,1-4,6,8H2,(H,15,19)(H,14,16,18). The molecule has 0 radical (unpaired) electrons. The van der Waals surface area contributed by atoms with Crippen molar-refractivity contribution in [1.29, 1.82) is 0 Å². The quantitative estimate of drug-likeness (QED) is 0.843. The molecule has 108 valence electrons. The minimum absolute atomic E-state index is 0.0760. The molecule has 1 atom stereocenters. The predicted octanol–water partition coefficient (Wildman–Crippen LogP) is 0.825. The molecule has 0 aromatic carbocycles. The van der Waals surface area contributed by atoms with E-state index >= 15 is 0 Å². The second-order valence-corrected chi connectivity index (χ2v) is 6.19. The molecule has 1 aromatic heterocycles. The number of nitrogens with zero attached hydrogens (tertiary/aromatic N) is 2. The van der Waals surface area contributed by atoms with Crippen LogP contribution in [0.1, 0.15) is 25.7 Å². The van der Waals surface area contributed by atoms with E-state index in [1.807, 2.05) is 10.3 Å². The molecule has 1 aliphatic carbocycles. The van der Waals surface area contributed by atoms with Crippen LogP contribution in [0.4, 0.5) is 5.13 Å². The summed E-state index contributed by atoms with van der Waals surface area (Å²) < 4.78 is 0. The van der Waals surface area contributed by atoms with E-state index in [1.165, 1.54) is 11.3 Å². The largest absolute Gasteiger partial charge is 0.352 e. The number of carbonyl (C=O) groups is 2. The summed E-state index contributed by atoms with van der Waals surface area (Å²) in [6.45, 7) is 1.05. The maximum atomic E-state index is 12.1. The van der Waals surface area contributed by atoms with Gasteiger partial charge in [-0.05, 0) is 32.2 Å². The van der Waals surface area contributed by atoms with E-state index < -0.39 is 0 Å². The molecule has 0 bridgehead atoms. The fourth-order valence-corrected chi connectivity index (χ4v) is 3.01. The van der Waals surface area contributed by atoms with Crippen molar-refractivity contribution in [2.45, 2.75) is 37.8 Å². The van der Waals surface area contributed by atoms with Crippen molar-refractivity contribution in [3.63, 3.8) is 0 Å². The van der Waals surface area contributed by atoms with Crippen molar-refractivity contribution < 1.29 is 9.59 Å². The topological polar surface area (TPSA) is 74.3 Å². The highest BCUT2D eigenvalue weighted by Crippen LogP contribution is 2.22. The number of thiazole rings is 1. The molecule has 20 heavy (non-hydrogen) atoms. The van der Waals surface area contributed by atoms with Crippen LogP contribution in [0.2, 0.25) is 0 Å². The number of likely N-dealkylation sites (tertiary alicyclic amines) is 1. The zero-order valence-corrected chi connectivity index (χ0v) is 12.0. The summed E-state index contributed by atoms with van der Waals surface area (Å²) in [5.74, 6) is -0.0295. The maximum absolute atomic E-state index is 12.1.